The monoisotopic (exact) mass is 327 g/mol. The Balaban J connectivity index is 1.50. The van der Waals surface area contributed by atoms with Crippen LogP contribution in [0.3, 0.4) is 0 Å². The molecule has 0 aromatic heterocycles. The van der Waals surface area contributed by atoms with E-state index in [2.05, 4.69) is 17.4 Å². The summed E-state index contributed by atoms with van der Waals surface area (Å²) in [5, 5.41) is 3.43. The van der Waals surface area contributed by atoms with E-state index < -0.39 is 0 Å². The average molecular weight is 327 g/mol. The fourth-order valence-corrected chi connectivity index (χ4v) is 2.74. The minimum absolute atomic E-state index is 0.241. The quantitative estimate of drug-likeness (QED) is 0.786. The van der Waals surface area contributed by atoms with Gasteiger partial charge in [0.2, 0.25) is 0 Å². The largest absolute Gasteiger partial charge is 0.494 e. The molecule has 0 bridgehead atoms. The van der Waals surface area contributed by atoms with Crippen molar-refractivity contribution in [2.75, 3.05) is 25.1 Å². The normalized spacial score (nSPS) is 16.8. The Morgan fingerprint density at radius 1 is 1.08 bits per heavy atom. The molecule has 1 saturated heterocycles. The fraction of sp³-hybridized carbons (Fsp3) is 0.400. The van der Waals surface area contributed by atoms with Gasteiger partial charge in [0.1, 0.15) is 18.1 Å². The first kappa shape index (κ1) is 16.7. The van der Waals surface area contributed by atoms with Gasteiger partial charge < -0.3 is 19.5 Å². The zero-order valence-corrected chi connectivity index (χ0v) is 14.2. The molecule has 0 amide bonds. The van der Waals surface area contributed by atoms with Crippen molar-refractivity contribution < 1.29 is 14.2 Å². The van der Waals surface area contributed by atoms with Crippen LogP contribution in [0.4, 0.5) is 5.69 Å². The highest BCUT2D eigenvalue weighted by Crippen LogP contribution is 2.20. The summed E-state index contributed by atoms with van der Waals surface area (Å²) in [6.45, 7) is 4.93. The van der Waals surface area contributed by atoms with Crippen LogP contribution in [0.2, 0.25) is 0 Å². The van der Waals surface area contributed by atoms with E-state index >= 15 is 0 Å². The lowest BCUT2D eigenvalue weighted by Gasteiger charge is -2.13. The van der Waals surface area contributed by atoms with Gasteiger partial charge in [-0.2, -0.15) is 0 Å². The van der Waals surface area contributed by atoms with E-state index in [-0.39, 0.29) is 6.10 Å². The van der Waals surface area contributed by atoms with E-state index in [1.165, 1.54) is 5.56 Å². The average Bonchev–Trinajstić information content (AvgIpc) is 3.14. The SMILES string of the molecule is CCOc1ccc(CNc2cccc(OCC3CCCO3)c2)cc1. The molecule has 128 valence electrons. The fourth-order valence-electron chi connectivity index (χ4n) is 2.74. The molecule has 1 fully saturated rings. The second kappa shape index (κ2) is 8.60. The van der Waals surface area contributed by atoms with E-state index in [9.17, 15) is 0 Å². The molecule has 4 nitrogen and oxygen atoms in total. The van der Waals surface area contributed by atoms with Crippen molar-refractivity contribution in [3.05, 3.63) is 54.1 Å². The highest BCUT2D eigenvalue weighted by atomic mass is 16.5. The van der Waals surface area contributed by atoms with Gasteiger partial charge in [-0.15, -0.1) is 0 Å². The van der Waals surface area contributed by atoms with Crippen molar-refractivity contribution in [3.63, 3.8) is 0 Å². The molecule has 2 aromatic carbocycles. The smallest absolute Gasteiger partial charge is 0.121 e. The van der Waals surface area contributed by atoms with E-state index in [0.717, 1.165) is 43.2 Å². The van der Waals surface area contributed by atoms with Crippen LogP contribution in [0.1, 0.15) is 25.3 Å². The Labute approximate surface area is 143 Å². The first-order valence-electron chi connectivity index (χ1n) is 8.63. The van der Waals surface area contributed by atoms with Crippen molar-refractivity contribution in [2.24, 2.45) is 0 Å². The van der Waals surface area contributed by atoms with Gasteiger partial charge in [0.15, 0.2) is 0 Å². The van der Waals surface area contributed by atoms with Gasteiger partial charge in [0, 0.05) is 24.9 Å². The standard InChI is InChI=1S/C20H25NO3/c1-2-22-18-10-8-16(9-11-18)14-21-17-5-3-6-19(13-17)24-15-20-7-4-12-23-20/h3,5-6,8-11,13,20-21H,2,4,7,12,14-15H2,1H3. The highest BCUT2D eigenvalue weighted by Gasteiger charge is 2.15. The lowest BCUT2D eigenvalue weighted by Crippen LogP contribution is -2.16. The molecule has 0 saturated carbocycles. The van der Waals surface area contributed by atoms with Crippen LogP contribution < -0.4 is 14.8 Å². The van der Waals surface area contributed by atoms with E-state index in [1.54, 1.807) is 0 Å². The van der Waals surface area contributed by atoms with E-state index in [1.807, 2.05) is 43.3 Å². The van der Waals surface area contributed by atoms with Crippen molar-refractivity contribution in [3.8, 4) is 11.5 Å². The summed E-state index contributed by atoms with van der Waals surface area (Å²) < 4.78 is 16.9. The van der Waals surface area contributed by atoms with Crippen LogP contribution in [0.15, 0.2) is 48.5 Å². The number of hydrogen-bond donors (Lipinski definition) is 1. The maximum absolute atomic E-state index is 5.84. The lowest BCUT2D eigenvalue weighted by molar-refractivity contribution is 0.0680. The molecule has 2 aromatic rings. The van der Waals surface area contributed by atoms with Gasteiger partial charge in [-0.05, 0) is 49.6 Å². The van der Waals surface area contributed by atoms with Crippen molar-refractivity contribution in [1.29, 1.82) is 0 Å². The van der Waals surface area contributed by atoms with Crippen LogP contribution in [-0.4, -0.2) is 25.9 Å². The van der Waals surface area contributed by atoms with Crippen molar-refractivity contribution in [1.82, 2.24) is 0 Å². The number of ether oxygens (including phenoxy) is 3. The first-order chi connectivity index (χ1) is 11.8. The van der Waals surface area contributed by atoms with Crippen LogP contribution in [0.5, 0.6) is 11.5 Å². The topological polar surface area (TPSA) is 39.7 Å². The molecule has 0 radical (unpaired) electrons. The molecule has 3 rings (SSSR count). The zero-order chi connectivity index (χ0) is 16.6. The Hall–Kier alpha value is -2.20. The van der Waals surface area contributed by atoms with Gasteiger partial charge in [0.25, 0.3) is 0 Å². The molecule has 1 atom stereocenters. The summed E-state index contributed by atoms with van der Waals surface area (Å²) in [6.07, 6.45) is 2.47. The second-order valence-corrected chi connectivity index (χ2v) is 5.90. The third-order valence-corrected chi connectivity index (χ3v) is 4.02. The minimum atomic E-state index is 0.241. The Kier molecular flexibility index (Phi) is 5.96. The molecule has 1 unspecified atom stereocenters. The third-order valence-electron chi connectivity index (χ3n) is 4.02. The predicted octanol–water partition coefficient (Wildman–Crippen LogP) is 4.26. The number of anilines is 1. The predicted molar refractivity (Wildman–Crippen MR) is 95.8 cm³/mol. The minimum Gasteiger partial charge on any atom is -0.494 e. The first-order valence-corrected chi connectivity index (χ1v) is 8.63. The summed E-state index contributed by atoms with van der Waals surface area (Å²) in [7, 11) is 0. The molecule has 4 heteroatoms. The number of nitrogens with one attached hydrogen (secondary N) is 1. The lowest BCUT2D eigenvalue weighted by atomic mass is 10.2. The zero-order valence-electron chi connectivity index (χ0n) is 14.2. The molecule has 0 spiro atoms. The summed E-state index contributed by atoms with van der Waals surface area (Å²) >= 11 is 0. The van der Waals surface area contributed by atoms with Gasteiger partial charge in [0.05, 0.1) is 12.7 Å². The van der Waals surface area contributed by atoms with Crippen molar-refractivity contribution >= 4 is 5.69 Å². The third kappa shape index (κ3) is 4.90. The van der Waals surface area contributed by atoms with Crippen LogP contribution >= 0.6 is 0 Å². The van der Waals surface area contributed by atoms with E-state index in [4.69, 9.17) is 14.2 Å². The second-order valence-electron chi connectivity index (χ2n) is 5.90. The molecule has 24 heavy (non-hydrogen) atoms. The van der Waals surface area contributed by atoms with Gasteiger partial charge >= 0.3 is 0 Å². The molecular weight excluding hydrogens is 302 g/mol. The molecule has 1 aliphatic heterocycles. The number of benzene rings is 2. The van der Waals surface area contributed by atoms with Crippen LogP contribution in [-0.2, 0) is 11.3 Å². The summed E-state index contributed by atoms with van der Waals surface area (Å²) in [6, 6.07) is 16.2. The molecular formula is C20H25NO3. The molecule has 0 aliphatic carbocycles. The van der Waals surface area contributed by atoms with Gasteiger partial charge in [-0.3, -0.25) is 0 Å². The van der Waals surface area contributed by atoms with Crippen LogP contribution in [0, 0.1) is 0 Å². The van der Waals surface area contributed by atoms with Crippen molar-refractivity contribution in [2.45, 2.75) is 32.4 Å². The maximum Gasteiger partial charge on any atom is 0.121 e. The Morgan fingerprint density at radius 3 is 2.71 bits per heavy atom. The molecule has 1 N–H and O–H groups in total. The van der Waals surface area contributed by atoms with E-state index in [0.29, 0.717) is 13.2 Å². The number of rotatable bonds is 8. The van der Waals surface area contributed by atoms with Gasteiger partial charge in [-0.25, -0.2) is 0 Å². The Morgan fingerprint density at radius 2 is 1.96 bits per heavy atom. The molecule has 1 heterocycles. The summed E-state index contributed by atoms with van der Waals surface area (Å²) in [5.41, 5.74) is 2.26. The highest BCUT2D eigenvalue weighted by molar-refractivity contribution is 5.48. The molecule has 1 aliphatic rings. The van der Waals surface area contributed by atoms with Gasteiger partial charge in [-0.1, -0.05) is 18.2 Å². The number of hydrogen-bond acceptors (Lipinski definition) is 4. The van der Waals surface area contributed by atoms with Crippen LogP contribution in [0.25, 0.3) is 0 Å². The summed E-state index contributed by atoms with van der Waals surface area (Å²) in [4.78, 5) is 0. The Bertz CT molecular complexity index is 621. The summed E-state index contributed by atoms with van der Waals surface area (Å²) in [5.74, 6) is 1.79. The maximum atomic E-state index is 5.84.